The third-order valence-electron chi connectivity index (χ3n) is 3.67. The standard InChI is InChI=1S/C18H13NO3S2/c19-8-14-15(11-24-18(14)22-9-12-3-6-23-10-12)13-1-2-16-17(7-13)21-5-4-20-16/h1-3,6-7,10-11H,4-5,9H2. The first-order valence-corrected chi connectivity index (χ1v) is 9.23. The number of thiophene rings is 2. The normalized spacial score (nSPS) is 12.6. The number of hydrogen-bond donors (Lipinski definition) is 0. The van der Waals surface area contributed by atoms with Gasteiger partial charge in [-0.15, -0.1) is 11.3 Å². The highest BCUT2D eigenvalue weighted by atomic mass is 32.1. The van der Waals surface area contributed by atoms with Crippen molar-refractivity contribution in [2.24, 2.45) is 0 Å². The predicted octanol–water partition coefficient (Wildman–Crippen LogP) is 4.70. The summed E-state index contributed by atoms with van der Waals surface area (Å²) >= 11 is 3.07. The molecule has 120 valence electrons. The second kappa shape index (κ2) is 6.56. The zero-order chi connectivity index (χ0) is 16.4. The van der Waals surface area contributed by atoms with Gasteiger partial charge >= 0.3 is 0 Å². The second-order valence-corrected chi connectivity index (χ2v) is 6.82. The second-order valence-electron chi connectivity index (χ2n) is 5.20. The largest absolute Gasteiger partial charge is 0.486 e. The Morgan fingerprint density at radius 2 is 2.00 bits per heavy atom. The van der Waals surface area contributed by atoms with Crippen LogP contribution in [0.4, 0.5) is 0 Å². The Bertz CT molecular complexity index is 894. The quantitative estimate of drug-likeness (QED) is 0.681. The fourth-order valence-electron chi connectivity index (χ4n) is 2.50. The minimum atomic E-state index is 0.472. The van der Waals surface area contributed by atoms with Crippen molar-refractivity contribution in [3.8, 4) is 33.8 Å². The summed E-state index contributed by atoms with van der Waals surface area (Å²) in [7, 11) is 0. The number of rotatable bonds is 4. The molecule has 4 rings (SSSR count). The molecule has 2 aromatic heterocycles. The summed E-state index contributed by atoms with van der Waals surface area (Å²) in [6.45, 7) is 1.58. The lowest BCUT2D eigenvalue weighted by Gasteiger charge is -2.18. The Morgan fingerprint density at radius 3 is 2.79 bits per heavy atom. The maximum atomic E-state index is 9.57. The van der Waals surface area contributed by atoms with E-state index in [-0.39, 0.29) is 0 Å². The summed E-state index contributed by atoms with van der Waals surface area (Å²) in [5.41, 5.74) is 3.46. The highest BCUT2D eigenvalue weighted by Gasteiger charge is 2.18. The minimum absolute atomic E-state index is 0.472. The molecule has 0 saturated carbocycles. The van der Waals surface area contributed by atoms with E-state index in [4.69, 9.17) is 14.2 Å². The maximum Gasteiger partial charge on any atom is 0.192 e. The smallest absolute Gasteiger partial charge is 0.192 e. The highest BCUT2D eigenvalue weighted by molar-refractivity contribution is 7.12. The van der Waals surface area contributed by atoms with Gasteiger partial charge in [0, 0.05) is 10.9 Å². The molecule has 0 spiro atoms. The van der Waals surface area contributed by atoms with E-state index in [2.05, 4.69) is 6.07 Å². The van der Waals surface area contributed by atoms with Crippen LogP contribution < -0.4 is 14.2 Å². The van der Waals surface area contributed by atoms with Crippen LogP contribution in [-0.4, -0.2) is 13.2 Å². The van der Waals surface area contributed by atoms with Crippen molar-refractivity contribution in [3.05, 3.63) is 51.5 Å². The van der Waals surface area contributed by atoms with Gasteiger partial charge in [-0.05, 0) is 40.1 Å². The summed E-state index contributed by atoms with van der Waals surface area (Å²) in [5.74, 6) is 1.46. The molecule has 0 radical (unpaired) electrons. The lowest BCUT2D eigenvalue weighted by Crippen LogP contribution is -2.15. The summed E-state index contributed by atoms with van der Waals surface area (Å²) < 4.78 is 17.0. The van der Waals surface area contributed by atoms with Crippen LogP contribution in [0, 0.1) is 11.3 Å². The van der Waals surface area contributed by atoms with E-state index in [1.54, 1.807) is 11.3 Å². The average Bonchev–Trinajstić information content (AvgIpc) is 3.28. The van der Waals surface area contributed by atoms with Crippen LogP contribution >= 0.6 is 22.7 Å². The van der Waals surface area contributed by atoms with Gasteiger partial charge in [0.05, 0.1) is 0 Å². The molecular formula is C18H13NO3S2. The zero-order valence-corrected chi connectivity index (χ0v) is 14.3. The van der Waals surface area contributed by atoms with Crippen molar-refractivity contribution < 1.29 is 14.2 Å². The first kappa shape index (κ1) is 15.1. The van der Waals surface area contributed by atoms with Crippen molar-refractivity contribution in [2.75, 3.05) is 13.2 Å². The number of fused-ring (bicyclic) bond motifs is 1. The molecule has 3 aromatic rings. The summed E-state index contributed by atoms with van der Waals surface area (Å²) in [5, 5.41) is 16.2. The fourth-order valence-corrected chi connectivity index (χ4v) is 4.03. The molecule has 0 saturated heterocycles. The van der Waals surface area contributed by atoms with Gasteiger partial charge in [-0.3, -0.25) is 0 Å². The molecule has 0 bridgehead atoms. The molecule has 0 atom stereocenters. The lowest BCUT2D eigenvalue weighted by atomic mass is 10.0. The zero-order valence-electron chi connectivity index (χ0n) is 12.7. The molecule has 0 N–H and O–H groups in total. The molecule has 0 aliphatic carbocycles. The van der Waals surface area contributed by atoms with Gasteiger partial charge in [0.15, 0.2) is 16.6 Å². The lowest BCUT2D eigenvalue weighted by molar-refractivity contribution is 0.171. The van der Waals surface area contributed by atoms with E-state index >= 15 is 0 Å². The SMILES string of the molecule is N#Cc1c(-c2ccc3c(c2)OCCO3)csc1OCc1ccsc1. The first-order valence-electron chi connectivity index (χ1n) is 7.40. The predicted molar refractivity (Wildman–Crippen MR) is 94.1 cm³/mol. The van der Waals surface area contributed by atoms with Gasteiger partial charge in [0.2, 0.25) is 0 Å². The van der Waals surface area contributed by atoms with Gasteiger partial charge in [0.1, 0.15) is 31.5 Å². The Hall–Kier alpha value is -2.49. The number of hydrogen-bond acceptors (Lipinski definition) is 6. The van der Waals surface area contributed by atoms with E-state index in [0.29, 0.717) is 30.4 Å². The molecule has 24 heavy (non-hydrogen) atoms. The van der Waals surface area contributed by atoms with Gasteiger partial charge in [0.25, 0.3) is 0 Å². The van der Waals surface area contributed by atoms with E-state index in [0.717, 1.165) is 28.2 Å². The summed E-state index contributed by atoms with van der Waals surface area (Å²) in [6, 6.07) is 10.0. The van der Waals surface area contributed by atoms with Crippen LogP contribution in [0.25, 0.3) is 11.1 Å². The van der Waals surface area contributed by atoms with Crippen LogP contribution in [-0.2, 0) is 6.61 Å². The molecule has 0 fully saturated rings. The van der Waals surface area contributed by atoms with E-state index in [1.807, 2.05) is 40.4 Å². The Morgan fingerprint density at radius 1 is 1.12 bits per heavy atom. The first-order chi connectivity index (χ1) is 11.8. The molecule has 6 heteroatoms. The van der Waals surface area contributed by atoms with Crippen molar-refractivity contribution in [3.63, 3.8) is 0 Å². The molecule has 4 nitrogen and oxygen atoms in total. The monoisotopic (exact) mass is 355 g/mol. The molecule has 1 aliphatic rings. The average molecular weight is 355 g/mol. The summed E-state index contributed by atoms with van der Waals surface area (Å²) in [6.07, 6.45) is 0. The Balaban J connectivity index is 1.63. The van der Waals surface area contributed by atoms with Crippen LogP contribution in [0.5, 0.6) is 16.6 Å². The van der Waals surface area contributed by atoms with Crippen molar-refractivity contribution in [1.29, 1.82) is 5.26 Å². The molecule has 1 aliphatic heterocycles. The van der Waals surface area contributed by atoms with Gasteiger partial charge in [-0.25, -0.2) is 0 Å². The highest BCUT2D eigenvalue weighted by Crippen LogP contribution is 2.40. The molecule has 3 heterocycles. The number of nitrogens with zero attached hydrogens (tertiary/aromatic N) is 1. The molecule has 1 aromatic carbocycles. The van der Waals surface area contributed by atoms with Gasteiger partial charge in [-0.1, -0.05) is 6.07 Å². The third-order valence-corrected chi connectivity index (χ3v) is 5.29. The molecular weight excluding hydrogens is 342 g/mol. The van der Waals surface area contributed by atoms with Gasteiger partial charge in [-0.2, -0.15) is 16.6 Å². The number of nitriles is 1. The molecule has 0 unspecified atom stereocenters. The van der Waals surface area contributed by atoms with E-state index in [1.165, 1.54) is 11.3 Å². The van der Waals surface area contributed by atoms with Crippen molar-refractivity contribution >= 4 is 22.7 Å². The molecule has 0 amide bonds. The van der Waals surface area contributed by atoms with Crippen molar-refractivity contribution in [1.82, 2.24) is 0 Å². The van der Waals surface area contributed by atoms with Crippen LogP contribution in [0.3, 0.4) is 0 Å². The van der Waals surface area contributed by atoms with Gasteiger partial charge < -0.3 is 14.2 Å². The maximum absolute atomic E-state index is 9.57. The Kier molecular flexibility index (Phi) is 4.11. The van der Waals surface area contributed by atoms with Crippen LogP contribution in [0.1, 0.15) is 11.1 Å². The topological polar surface area (TPSA) is 51.5 Å². The summed E-state index contributed by atoms with van der Waals surface area (Å²) in [4.78, 5) is 0. The number of benzene rings is 1. The Labute approximate surface area is 147 Å². The van der Waals surface area contributed by atoms with E-state index in [9.17, 15) is 5.26 Å². The minimum Gasteiger partial charge on any atom is -0.486 e. The van der Waals surface area contributed by atoms with Crippen LogP contribution in [0.2, 0.25) is 0 Å². The van der Waals surface area contributed by atoms with Crippen molar-refractivity contribution in [2.45, 2.75) is 6.61 Å². The number of ether oxygens (including phenoxy) is 3. The fraction of sp³-hybridized carbons (Fsp3) is 0.167. The van der Waals surface area contributed by atoms with Crippen LogP contribution in [0.15, 0.2) is 40.4 Å². The third kappa shape index (κ3) is 2.84. The van der Waals surface area contributed by atoms with E-state index < -0.39 is 0 Å².